The summed E-state index contributed by atoms with van der Waals surface area (Å²) in [5.74, 6) is 2.42. The van der Waals surface area contributed by atoms with E-state index < -0.39 is 0 Å². The second-order valence-electron chi connectivity index (χ2n) is 9.94. The standard InChI is InChI=1S/C18H13N5.C18H12N5.CH4.Eu/c2*1-2-7-13(8-3-1)17-21-18(23-22-17)16-11-6-10-15(20-16)14-9-4-5-12-19-14;;/h1-12H,(H,21,22,23);1-12H;1H4;/q;-1;;. The van der Waals surface area contributed by atoms with Gasteiger partial charge < -0.3 is 10.1 Å². The van der Waals surface area contributed by atoms with Crippen molar-refractivity contribution in [3.8, 4) is 68.6 Å². The molecule has 0 atom stereocenters. The van der Waals surface area contributed by atoms with Crippen molar-refractivity contribution in [1.82, 2.24) is 50.3 Å². The number of rotatable bonds is 6. The van der Waals surface area contributed by atoms with Crippen molar-refractivity contribution in [1.29, 1.82) is 0 Å². The van der Waals surface area contributed by atoms with Crippen molar-refractivity contribution in [2.24, 2.45) is 0 Å². The first kappa shape index (κ1) is 34.2. The summed E-state index contributed by atoms with van der Waals surface area (Å²) in [4.78, 5) is 26.9. The quantitative estimate of drug-likeness (QED) is 0.183. The first-order chi connectivity index (χ1) is 22.8. The fraction of sp³-hybridized carbons (Fsp3) is 0.0270. The molecule has 0 aliphatic rings. The molecule has 0 aliphatic heterocycles. The molecule has 1 N–H and O–H groups in total. The number of nitrogens with one attached hydrogen (secondary N) is 1. The summed E-state index contributed by atoms with van der Waals surface area (Å²) in [5.41, 5.74) is 6.57. The van der Waals surface area contributed by atoms with E-state index in [1.54, 1.807) is 12.4 Å². The van der Waals surface area contributed by atoms with Gasteiger partial charge in [0, 0.05) is 67.3 Å². The molecule has 235 valence electrons. The van der Waals surface area contributed by atoms with Crippen molar-refractivity contribution in [3.05, 3.63) is 146 Å². The predicted molar refractivity (Wildman–Crippen MR) is 182 cm³/mol. The Balaban J connectivity index is 0.000000180. The Hall–Kier alpha value is -5.10. The molecule has 1 radical (unpaired) electrons. The summed E-state index contributed by atoms with van der Waals surface area (Å²) in [6, 6.07) is 42.6. The van der Waals surface area contributed by atoms with Crippen molar-refractivity contribution >= 4 is 0 Å². The molecule has 0 saturated heterocycles. The molecule has 0 bridgehead atoms. The van der Waals surface area contributed by atoms with Gasteiger partial charge in [-0.3, -0.25) is 20.2 Å². The summed E-state index contributed by atoms with van der Waals surface area (Å²) in [6.45, 7) is 0. The van der Waals surface area contributed by atoms with Crippen LogP contribution in [0.4, 0.5) is 0 Å². The van der Waals surface area contributed by atoms with Crippen molar-refractivity contribution in [2.45, 2.75) is 7.43 Å². The average Bonchev–Trinajstić information content (AvgIpc) is 3.85. The molecular formula is C37H29EuN10-. The van der Waals surface area contributed by atoms with Gasteiger partial charge in [-0.1, -0.05) is 92.4 Å². The molecule has 8 rings (SSSR count). The van der Waals surface area contributed by atoms with Crippen LogP contribution in [0.25, 0.3) is 68.6 Å². The molecule has 0 aliphatic carbocycles. The number of aromatic nitrogens is 10. The molecule has 10 nitrogen and oxygen atoms in total. The van der Waals surface area contributed by atoms with Crippen LogP contribution < -0.4 is 5.10 Å². The second kappa shape index (κ2) is 16.6. The van der Waals surface area contributed by atoms with Crippen LogP contribution in [0.3, 0.4) is 0 Å². The third-order valence-corrected chi connectivity index (χ3v) is 6.83. The van der Waals surface area contributed by atoms with E-state index in [0.29, 0.717) is 29.0 Å². The van der Waals surface area contributed by atoms with Crippen LogP contribution in [0.15, 0.2) is 146 Å². The molecule has 0 fully saturated rings. The van der Waals surface area contributed by atoms with Crippen LogP contribution in [0, 0.1) is 49.4 Å². The Bertz CT molecular complexity index is 2000. The van der Waals surface area contributed by atoms with Crippen LogP contribution in [0.5, 0.6) is 0 Å². The maximum atomic E-state index is 4.62. The zero-order chi connectivity index (χ0) is 31.0. The summed E-state index contributed by atoms with van der Waals surface area (Å²) < 4.78 is 0. The Morgan fingerprint density at radius 2 is 0.938 bits per heavy atom. The maximum absolute atomic E-state index is 4.62. The zero-order valence-electron chi connectivity index (χ0n) is 24.8. The second-order valence-corrected chi connectivity index (χ2v) is 9.94. The third kappa shape index (κ3) is 8.24. The van der Waals surface area contributed by atoms with E-state index in [1.165, 1.54) is 0 Å². The SMILES string of the molecule is C.[Eu].c1ccc(-c2n[n-]c(-c3cccc(-c4ccccn4)n3)n2)cc1.c1ccc(-c2n[nH]c(-c3cccc(-c4ccccn4)n3)n2)cc1. The van der Waals surface area contributed by atoms with Crippen molar-refractivity contribution < 1.29 is 49.4 Å². The normalized spacial score (nSPS) is 10.2. The molecule has 48 heavy (non-hydrogen) atoms. The van der Waals surface area contributed by atoms with E-state index >= 15 is 0 Å². The molecule has 0 spiro atoms. The van der Waals surface area contributed by atoms with Crippen LogP contribution in [-0.4, -0.2) is 45.2 Å². The molecule has 0 amide bonds. The molecule has 11 heteroatoms. The molecular weight excluding hydrogens is 736 g/mol. The largest absolute Gasteiger partial charge is 0.417 e. The third-order valence-electron chi connectivity index (χ3n) is 6.83. The van der Waals surface area contributed by atoms with Crippen LogP contribution in [0.2, 0.25) is 0 Å². The van der Waals surface area contributed by atoms with Gasteiger partial charge in [0.05, 0.1) is 34.3 Å². The molecule has 6 aromatic heterocycles. The Morgan fingerprint density at radius 3 is 1.52 bits per heavy atom. The monoisotopic (exact) mass is 766 g/mol. The maximum Gasteiger partial charge on any atom is 0.181 e. The van der Waals surface area contributed by atoms with Crippen molar-refractivity contribution in [2.75, 3.05) is 0 Å². The predicted octanol–water partition coefficient (Wildman–Crippen LogP) is 7.46. The minimum atomic E-state index is 0. The Morgan fingerprint density at radius 1 is 0.438 bits per heavy atom. The van der Waals surface area contributed by atoms with Crippen molar-refractivity contribution in [3.63, 3.8) is 0 Å². The number of hydrogen-bond acceptors (Lipinski definition) is 8. The van der Waals surface area contributed by atoms with Gasteiger partial charge in [0.15, 0.2) is 11.6 Å². The fourth-order valence-electron chi connectivity index (χ4n) is 4.59. The number of H-pyrrole nitrogens is 1. The van der Waals surface area contributed by atoms with E-state index in [-0.39, 0.29) is 56.8 Å². The molecule has 6 heterocycles. The summed E-state index contributed by atoms with van der Waals surface area (Å²) in [7, 11) is 0. The number of nitrogens with zero attached hydrogens (tertiary/aromatic N) is 9. The first-order valence-electron chi connectivity index (χ1n) is 14.5. The number of aromatic amines is 1. The van der Waals surface area contributed by atoms with E-state index in [9.17, 15) is 0 Å². The number of hydrogen-bond donors (Lipinski definition) is 1. The Labute approximate surface area is 318 Å². The molecule has 2 aromatic carbocycles. The molecule has 0 saturated carbocycles. The van der Waals surface area contributed by atoms with Gasteiger partial charge in [-0.25, -0.2) is 15.0 Å². The van der Waals surface area contributed by atoms with Crippen LogP contribution in [-0.2, 0) is 0 Å². The number of pyridine rings is 4. The van der Waals surface area contributed by atoms with Gasteiger partial charge in [0.25, 0.3) is 0 Å². The van der Waals surface area contributed by atoms with E-state index in [1.807, 2.05) is 133 Å². The summed E-state index contributed by atoms with van der Waals surface area (Å²) in [5, 5.41) is 15.5. The summed E-state index contributed by atoms with van der Waals surface area (Å²) >= 11 is 0. The first-order valence-corrected chi connectivity index (χ1v) is 14.5. The number of benzene rings is 2. The zero-order valence-corrected chi connectivity index (χ0v) is 27.2. The molecule has 8 aromatic rings. The van der Waals surface area contributed by atoms with E-state index in [0.717, 1.165) is 39.6 Å². The van der Waals surface area contributed by atoms with Crippen LogP contribution in [0.1, 0.15) is 7.43 Å². The van der Waals surface area contributed by atoms with Gasteiger partial charge in [-0.15, -0.1) is 0 Å². The van der Waals surface area contributed by atoms with Gasteiger partial charge in [-0.05, 0) is 59.9 Å². The van der Waals surface area contributed by atoms with Gasteiger partial charge in [-0.2, -0.15) is 5.10 Å². The minimum absolute atomic E-state index is 0. The van der Waals surface area contributed by atoms with Gasteiger partial charge in [0.1, 0.15) is 5.69 Å². The average molecular weight is 766 g/mol. The van der Waals surface area contributed by atoms with Gasteiger partial charge in [0.2, 0.25) is 0 Å². The summed E-state index contributed by atoms with van der Waals surface area (Å²) in [6.07, 6.45) is 3.50. The smallest absolute Gasteiger partial charge is 0.181 e. The topological polar surface area (TPSA) is 133 Å². The Kier molecular flexibility index (Phi) is 11.9. The van der Waals surface area contributed by atoms with E-state index in [4.69, 9.17) is 0 Å². The fourth-order valence-corrected chi connectivity index (χ4v) is 4.59. The minimum Gasteiger partial charge on any atom is -0.417 e. The van der Waals surface area contributed by atoms with Gasteiger partial charge >= 0.3 is 0 Å². The van der Waals surface area contributed by atoms with E-state index in [2.05, 4.69) is 50.3 Å². The van der Waals surface area contributed by atoms with Crippen LogP contribution >= 0.6 is 0 Å². The molecule has 0 unspecified atom stereocenters.